The summed E-state index contributed by atoms with van der Waals surface area (Å²) >= 11 is 0. The number of fused-ring (bicyclic) bond motifs is 2. The lowest BCUT2D eigenvalue weighted by molar-refractivity contribution is -0.123. The minimum atomic E-state index is -0.0660. The van der Waals surface area contributed by atoms with Crippen molar-refractivity contribution in [3.63, 3.8) is 0 Å². The summed E-state index contributed by atoms with van der Waals surface area (Å²) in [5.74, 6) is 2.44. The van der Waals surface area contributed by atoms with Crippen molar-refractivity contribution in [1.29, 1.82) is 0 Å². The van der Waals surface area contributed by atoms with Gasteiger partial charge in [-0.15, -0.1) is 0 Å². The number of hydrogen-bond acceptors (Lipinski definition) is 2. The van der Waals surface area contributed by atoms with E-state index in [1.807, 2.05) is 6.92 Å². The highest BCUT2D eigenvalue weighted by Gasteiger charge is 2.39. The molecule has 18 heavy (non-hydrogen) atoms. The summed E-state index contributed by atoms with van der Waals surface area (Å²) < 4.78 is 0. The molecule has 3 rings (SSSR count). The molecular formula is C15H24N2O. The zero-order chi connectivity index (χ0) is 12.7. The van der Waals surface area contributed by atoms with Crippen molar-refractivity contribution in [2.24, 2.45) is 17.8 Å². The molecule has 100 valence electrons. The lowest BCUT2D eigenvalue weighted by atomic mass is 9.87. The first-order valence-corrected chi connectivity index (χ1v) is 7.38. The van der Waals surface area contributed by atoms with Crippen LogP contribution in [0.1, 0.15) is 39.5 Å². The highest BCUT2D eigenvalue weighted by atomic mass is 16.2. The van der Waals surface area contributed by atoms with Gasteiger partial charge in [0, 0.05) is 12.1 Å². The Hall–Kier alpha value is -0.830. The van der Waals surface area contributed by atoms with E-state index in [0.29, 0.717) is 12.1 Å². The van der Waals surface area contributed by atoms with E-state index >= 15 is 0 Å². The number of hydrogen-bond donors (Lipinski definition) is 2. The molecule has 2 bridgehead atoms. The monoisotopic (exact) mass is 248 g/mol. The standard InChI is InChI=1S/C15H24N2O/c1-9(14-8-11-3-4-12(14)7-11)16-10(2)15(18)17-13-5-6-13/h3-4,9-14,16H,5-8H2,1-2H3,(H,17,18). The third-order valence-electron chi connectivity index (χ3n) is 4.80. The van der Waals surface area contributed by atoms with Gasteiger partial charge in [-0.05, 0) is 57.3 Å². The summed E-state index contributed by atoms with van der Waals surface area (Å²) in [5.41, 5.74) is 0. The number of carbonyl (C=O) groups is 1. The Labute approximate surface area is 109 Å². The van der Waals surface area contributed by atoms with Gasteiger partial charge in [-0.2, -0.15) is 0 Å². The predicted molar refractivity (Wildman–Crippen MR) is 72.1 cm³/mol. The van der Waals surface area contributed by atoms with E-state index in [9.17, 15) is 4.79 Å². The first kappa shape index (κ1) is 12.2. The van der Waals surface area contributed by atoms with E-state index in [2.05, 4.69) is 29.7 Å². The molecule has 2 fully saturated rings. The van der Waals surface area contributed by atoms with Gasteiger partial charge in [0.25, 0.3) is 0 Å². The van der Waals surface area contributed by atoms with Crippen LogP contribution in [0.5, 0.6) is 0 Å². The average molecular weight is 248 g/mol. The van der Waals surface area contributed by atoms with Crippen LogP contribution in [-0.2, 0) is 4.79 Å². The number of carbonyl (C=O) groups excluding carboxylic acids is 1. The van der Waals surface area contributed by atoms with Crippen LogP contribution < -0.4 is 10.6 Å². The molecule has 0 aromatic heterocycles. The first-order valence-electron chi connectivity index (χ1n) is 7.38. The van der Waals surface area contributed by atoms with Crippen molar-refractivity contribution in [1.82, 2.24) is 10.6 Å². The quantitative estimate of drug-likeness (QED) is 0.729. The summed E-state index contributed by atoms with van der Waals surface area (Å²) in [5, 5.41) is 6.56. The summed E-state index contributed by atoms with van der Waals surface area (Å²) in [7, 11) is 0. The molecule has 0 heterocycles. The van der Waals surface area contributed by atoms with E-state index in [1.54, 1.807) is 0 Å². The summed E-state index contributed by atoms with van der Waals surface area (Å²) in [6.07, 6.45) is 9.70. The zero-order valence-corrected chi connectivity index (χ0v) is 11.4. The SMILES string of the molecule is CC(NC(C)C1CC2C=CC1C2)C(=O)NC1CC1. The molecule has 0 aromatic carbocycles. The van der Waals surface area contributed by atoms with Crippen molar-refractivity contribution in [2.45, 2.75) is 57.7 Å². The molecular weight excluding hydrogens is 224 g/mol. The van der Waals surface area contributed by atoms with Crippen LogP contribution in [0.2, 0.25) is 0 Å². The second-order valence-electron chi connectivity index (χ2n) is 6.40. The van der Waals surface area contributed by atoms with E-state index in [-0.39, 0.29) is 11.9 Å². The number of allylic oxidation sites excluding steroid dienone is 2. The van der Waals surface area contributed by atoms with Crippen LogP contribution in [0, 0.1) is 17.8 Å². The van der Waals surface area contributed by atoms with Crippen LogP contribution in [-0.4, -0.2) is 24.0 Å². The van der Waals surface area contributed by atoms with Crippen molar-refractivity contribution in [2.75, 3.05) is 0 Å². The van der Waals surface area contributed by atoms with Crippen molar-refractivity contribution >= 4 is 5.91 Å². The van der Waals surface area contributed by atoms with Gasteiger partial charge in [0.15, 0.2) is 0 Å². The van der Waals surface area contributed by atoms with Gasteiger partial charge < -0.3 is 10.6 Å². The number of nitrogens with one attached hydrogen (secondary N) is 2. The van der Waals surface area contributed by atoms with E-state index in [4.69, 9.17) is 0 Å². The fourth-order valence-electron chi connectivity index (χ4n) is 3.55. The van der Waals surface area contributed by atoms with Crippen molar-refractivity contribution in [3.05, 3.63) is 12.2 Å². The van der Waals surface area contributed by atoms with E-state index < -0.39 is 0 Å². The maximum atomic E-state index is 11.9. The van der Waals surface area contributed by atoms with Gasteiger partial charge in [0.05, 0.1) is 6.04 Å². The topological polar surface area (TPSA) is 41.1 Å². The Morgan fingerprint density at radius 3 is 2.56 bits per heavy atom. The van der Waals surface area contributed by atoms with E-state index in [0.717, 1.165) is 30.6 Å². The Bertz CT molecular complexity index is 362. The van der Waals surface area contributed by atoms with Gasteiger partial charge in [-0.1, -0.05) is 12.2 Å². The number of rotatable bonds is 5. The third-order valence-corrected chi connectivity index (χ3v) is 4.80. The van der Waals surface area contributed by atoms with Crippen LogP contribution in [0.4, 0.5) is 0 Å². The highest BCUT2D eigenvalue weighted by molar-refractivity contribution is 5.81. The van der Waals surface area contributed by atoms with Gasteiger partial charge in [0.2, 0.25) is 5.91 Å². The molecule has 0 aromatic rings. The molecule has 2 N–H and O–H groups in total. The van der Waals surface area contributed by atoms with Gasteiger partial charge >= 0.3 is 0 Å². The summed E-state index contributed by atoms with van der Waals surface area (Å²) in [6, 6.07) is 0.830. The normalized spacial score (nSPS) is 36.7. The largest absolute Gasteiger partial charge is 0.352 e. The van der Waals surface area contributed by atoms with Crippen LogP contribution in [0.15, 0.2) is 12.2 Å². The molecule has 5 unspecified atom stereocenters. The fourth-order valence-corrected chi connectivity index (χ4v) is 3.55. The van der Waals surface area contributed by atoms with Gasteiger partial charge in [-0.3, -0.25) is 4.79 Å². The second-order valence-corrected chi connectivity index (χ2v) is 6.40. The minimum absolute atomic E-state index is 0.0660. The average Bonchev–Trinajstić information content (AvgIpc) is 2.91. The third kappa shape index (κ3) is 2.46. The Morgan fingerprint density at radius 2 is 2.00 bits per heavy atom. The summed E-state index contributed by atoms with van der Waals surface area (Å²) in [6.45, 7) is 4.22. The maximum Gasteiger partial charge on any atom is 0.237 e. The molecule has 1 amide bonds. The van der Waals surface area contributed by atoms with Gasteiger partial charge in [0.1, 0.15) is 0 Å². The molecule has 5 atom stereocenters. The highest BCUT2D eigenvalue weighted by Crippen LogP contribution is 2.44. The lowest BCUT2D eigenvalue weighted by Crippen LogP contribution is -2.49. The lowest BCUT2D eigenvalue weighted by Gasteiger charge is -2.28. The van der Waals surface area contributed by atoms with Crippen LogP contribution in [0.3, 0.4) is 0 Å². The van der Waals surface area contributed by atoms with Crippen molar-refractivity contribution in [3.8, 4) is 0 Å². The maximum absolute atomic E-state index is 11.9. The molecule has 3 nitrogen and oxygen atoms in total. The molecule has 0 saturated heterocycles. The molecule has 0 radical (unpaired) electrons. The Kier molecular flexibility index (Phi) is 3.18. The first-order chi connectivity index (χ1) is 8.63. The van der Waals surface area contributed by atoms with Crippen LogP contribution >= 0.6 is 0 Å². The fraction of sp³-hybridized carbons (Fsp3) is 0.800. The second kappa shape index (κ2) is 4.69. The molecule has 0 spiro atoms. The van der Waals surface area contributed by atoms with Crippen molar-refractivity contribution < 1.29 is 4.79 Å². The van der Waals surface area contributed by atoms with Gasteiger partial charge in [-0.25, -0.2) is 0 Å². The molecule has 0 aliphatic heterocycles. The molecule has 3 heteroatoms. The van der Waals surface area contributed by atoms with Crippen LogP contribution in [0.25, 0.3) is 0 Å². The van der Waals surface area contributed by atoms with E-state index in [1.165, 1.54) is 12.8 Å². The Balaban J connectivity index is 1.49. The minimum Gasteiger partial charge on any atom is -0.352 e. The Morgan fingerprint density at radius 1 is 1.22 bits per heavy atom. The zero-order valence-electron chi connectivity index (χ0n) is 11.4. The smallest absolute Gasteiger partial charge is 0.237 e. The molecule has 2 saturated carbocycles. The summed E-state index contributed by atoms with van der Waals surface area (Å²) in [4.78, 5) is 11.9. The molecule has 3 aliphatic rings. The molecule has 3 aliphatic carbocycles. The predicted octanol–water partition coefficient (Wildman–Crippen LogP) is 1.84. The number of amides is 1.